The quantitative estimate of drug-likeness (QED) is 0.695. The van der Waals surface area contributed by atoms with Gasteiger partial charge in [0.05, 0.1) is 10.7 Å². The second kappa shape index (κ2) is 6.99. The largest absolute Gasteiger partial charge is 0.337 e. The molecule has 0 bridgehead atoms. The number of nitrogens with zero attached hydrogens (tertiary/aromatic N) is 4. The molecule has 1 fully saturated rings. The average molecular weight is 368 g/mol. The van der Waals surface area contributed by atoms with Gasteiger partial charge in [-0.1, -0.05) is 42.4 Å². The predicted molar refractivity (Wildman–Crippen MR) is 99.0 cm³/mol. The monoisotopic (exact) mass is 368 g/mol. The van der Waals surface area contributed by atoms with Crippen LogP contribution in [0.4, 0.5) is 0 Å². The Kier molecular flexibility index (Phi) is 4.55. The summed E-state index contributed by atoms with van der Waals surface area (Å²) >= 11 is 1.48. The normalized spacial score (nSPS) is 17.0. The fraction of sp³-hybridized carbons (Fsp3) is 0.368. The maximum atomic E-state index is 13.1. The Bertz CT molecular complexity index is 919. The molecule has 1 atom stereocenters. The molecule has 4 rings (SSSR count). The number of carbonyl (C=O) groups excluding carboxylic acids is 1. The predicted octanol–water partition coefficient (Wildman–Crippen LogP) is 4.04. The lowest BCUT2D eigenvalue weighted by Crippen LogP contribution is -2.30. The van der Waals surface area contributed by atoms with Crippen molar-refractivity contribution in [3.05, 3.63) is 51.8 Å². The molecule has 0 radical (unpaired) electrons. The summed E-state index contributed by atoms with van der Waals surface area (Å²) in [5.74, 6) is 1.08. The van der Waals surface area contributed by atoms with Crippen molar-refractivity contribution in [2.24, 2.45) is 0 Å². The molecule has 26 heavy (non-hydrogen) atoms. The fourth-order valence-electron chi connectivity index (χ4n) is 3.27. The fourth-order valence-corrected chi connectivity index (χ4v) is 4.23. The van der Waals surface area contributed by atoms with Crippen LogP contribution < -0.4 is 0 Å². The van der Waals surface area contributed by atoms with Gasteiger partial charge in [-0.3, -0.25) is 4.79 Å². The first-order chi connectivity index (χ1) is 12.7. The van der Waals surface area contributed by atoms with Crippen LogP contribution in [0, 0.1) is 6.92 Å². The van der Waals surface area contributed by atoms with Crippen molar-refractivity contribution in [2.75, 3.05) is 6.54 Å². The maximum Gasteiger partial charge on any atom is 0.266 e. The van der Waals surface area contributed by atoms with Crippen molar-refractivity contribution in [3.8, 4) is 11.4 Å². The first kappa shape index (κ1) is 16.9. The van der Waals surface area contributed by atoms with Gasteiger partial charge in [0.1, 0.15) is 10.9 Å². The van der Waals surface area contributed by atoms with Crippen LogP contribution in [0.3, 0.4) is 0 Å². The van der Waals surface area contributed by atoms with Gasteiger partial charge >= 0.3 is 0 Å². The third kappa shape index (κ3) is 3.03. The van der Waals surface area contributed by atoms with E-state index in [0.29, 0.717) is 18.3 Å². The third-order valence-electron chi connectivity index (χ3n) is 4.61. The average Bonchev–Trinajstić information content (AvgIpc) is 3.40. The standard InChI is InChI=1S/C19H20N4O2S/c1-3-15-20-12(2)16(26-15)19(24)23-11-7-10-14(23)18-21-17(22-25-18)13-8-5-4-6-9-13/h4-6,8-9,14H,3,7,10-11H2,1-2H3. The van der Waals surface area contributed by atoms with Gasteiger partial charge in [-0.15, -0.1) is 11.3 Å². The van der Waals surface area contributed by atoms with Crippen molar-refractivity contribution in [1.29, 1.82) is 0 Å². The first-order valence-corrected chi connectivity index (χ1v) is 9.65. The molecular weight excluding hydrogens is 348 g/mol. The zero-order chi connectivity index (χ0) is 18.1. The zero-order valence-electron chi connectivity index (χ0n) is 14.8. The van der Waals surface area contributed by atoms with Gasteiger partial charge in [0, 0.05) is 12.1 Å². The van der Waals surface area contributed by atoms with E-state index in [1.807, 2.05) is 42.2 Å². The summed E-state index contributed by atoms with van der Waals surface area (Å²) in [7, 11) is 0. The highest BCUT2D eigenvalue weighted by Gasteiger charge is 2.36. The van der Waals surface area contributed by atoms with Crippen molar-refractivity contribution in [3.63, 3.8) is 0 Å². The van der Waals surface area contributed by atoms with Crippen molar-refractivity contribution >= 4 is 17.2 Å². The Morgan fingerprint density at radius 3 is 2.85 bits per heavy atom. The van der Waals surface area contributed by atoms with Gasteiger partial charge in [0.25, 0.3) is 5.91 Å². The minimum Gasteiger partial charge on any atom is -0.337 e. The zero-order valence-corrected chi connectivity index (χ0v) is 15.6. The summed E-state index contributed by atoms with van der Waals surface area (Å²) in [5.41, 5.74) is 1.71. The van der Waals surface area contributed by atoms with Crippen molar-refractivity contribution in [1.82, 2.24) is 20.0 Å². The molecule has 6 nitrogen and oxygen atoms in total. The van der Waals surface area contributed by atoms with Crippen LogP contribution in [0.25, 0.3) is 11.4 Å². The third-order valence-corrected chi connectivity index (χ3v) is 5.90. The molecule has 0 N–H and O–H groups in total. The molecule has 1 unspecified atom stereocenters. The molecule has 1 amide bonds. The second-order valence-electron chi connectivity index (χ2n) is 6.35. The van der Waals surface area contributed by atoms with Crippen molar-refractivity contribution in [2.45, 2.75) is 39.2 Å². The van der Waals surface area contributed by atoms with Crippen molar-refractivity contribution < 1.29 is 9.32 Å². The van der Waals surface area contributed by atoms with Crippen LogP contribution in [0.2, 0.25) is 0 Å². The number of aryl methyl sites for hydroxylation is 2. The van der Waals surface area contributed by atoms with Crippen LogP contribution >= 0.6 is 11.3 Å². The lowest BCUT2D eigenvalue weighted by atomic mass is 10.2. The number of aromatic nitrogens is 3. The number of carbonyl (C=O) groups is 1. The Labute approximate surface area is 155 Å². The number of likely N-dealkylation sites (tertiary alicyclic amines) is 1. The number of hydrogen-bond donors (Lipinski definition) is 0. The molecule has 0 saturated carbocycles. The second-order valence-corrected chi connectivity index (χ2v) is 7.44. The lowest BCUT2D eigenvalue weighted by Gasteiger charge is -2.21. The summed E-state index contributed by atoms with van der Waals surface area (Å²) < 4.78 is 5.51. The van der Waals surface area contributed by atoms with E-state index in [1.54, 1.807) is 0 Å². The maximum absolute atomic E-state index is 13.1. The number of thiazole rings is 1. The highest BCUT2D eigenvalue weighted by atomic mass is 32.1. The van der Waals surface area contributed by atoms with E-state index in [0.717, 1.165) is 40.4 Å². The minimum atomic E-state index is -0.168. The Hall–Kier alpha value is -2.54. The van der Waals surface area contributed by atoms with Crippen LogP contribution in [0.1, 0.15) is 52.1 Å². The van der Waals surface area contributed by atoms with Crippen LogP contribution in [0.15, 0.2) is 34.9 Å². The molecule has 3 aromatic rings. The molecule has 2 aromatic heterocycles. The summed E-state index contributed by atoms with van der Waals surface area (Å²) in [5, 5.41) is 5.09. The molecule has 134 valence electrons. The number of hydrogen-bond acceptors (Lipinski definition) is 6. The van der Waals surface area contributed by atoms with Crippen LogP contribution in [-0.2, 0) is 6.42 Å². The van der Waals surface area contributed by atoms with E-state index in [9.17, 15) is 4.79 Å². The van der Waals surface area contributed by atoms with E-state index in [4.69, 9.17) is 4.52 Å². The molecular formula is C19H20N4O2S. The van der Waals surface area contributed by atoms with Gasteiger partial charge < -0.3 is 9.42 Å². The summed E-state index contributed by atoms with van der Waals surface area (Å²) in [4.78, 5) is 24.7. The summed E-state index contributed by atoms with van der Waals surface area (Å²) in [6.45, 7) is 4.65. The highest BCUT2D eigenvalue weighted by molar-refractivity contribution is 7.13. The van der Waals surface area contributed by atoms with Crippen LogP contribution in [-0.4, -0.2) is 32.5 Å². The minimum absolute atomic E-state index is 0.0154. The summed E-state index contributed by atoms with van der Waals surface area (Å²) in [6.07, 6.45) is 2.60. The molecule has 3 heterocycles. The smallest absolute Gasteiger partial charge is 0.266 e. The molecule has 7 heteroatoms. The van der Waals surface area contributed by atoms with E-state index in [2.05, 4.69) is 22.0 Å². The van der Waals surface area contributed by atoms with Gasteiger partial charge in [-0.2, -0.15) is 4.98 Å². The van der Waals surface area contributed by atoms with Gasteiger partial charge in [0.15, 0.2) is 0 Å². The molecule has 0 aliphatic carbocycles. The van der Waals surface area contributed by atoms with E-state index in [1.165, 1.54) is 11.3 Å². The Balaban J connectivity index is 1.60. The summed E-state index contributed by atoms with van der Waals surface area (Å²) in [6, 6.07) is 9.55. The topological polar surface area (TPSA) is 72.1 Å². The van der Waals surface area contributed by atoms with Gasteiger partial charge in [0.2, 0.25) is 11.7 Å². The molecule has 1 aromatic carbocycles. The van der Waals surface area contributed by atoms with Gasteiger partial charge in [-0.05, 0) is 26.2 Å². The number of amides is 1. The lowest BCUT2D eigenvalue weighted by molar-refractivity contribution is 0.0714. The van der Waals surface area contributed by atoms with E-state index in [-0.39, 0.29) is 11.9 Å². The molecule has 1 saturated heterocycles. The Morgan fingerprint density at radius 2 is 2.12 bits per heavy atom. The number of rotatable bonds is 4. The van der Waals surface area contributed by atoms with Crippen LogP contribution in [0.5, 0.6) is 0 Å². The molecule has 1 aliphatic rings. The SMILES string of the molecule is CCc1nc(C)c(C(=O)N2CCCC2c2nc(-c3ccccc3)no2)s1. The Morgan fingerprint density at radius 1 is 1.31 bits per heavy atom. The molecule has 0 spiro atoms. The number of benzene rings is 1. The van der Waals surface area contributed by atoms with E-state index < -0.39 is 0 Å². The first-order valence-electron chi connectivity index (χ1n) is 8.83. The van der Waals surface area contributed by atoms with E-state index >= 15 is 0 Å². The van der Waals surface area contributed by atoms with Gasteiger partial charge in [-0.25, -0.2) is 4.98 Å². The highest BCUT2D eigenvalue weighted by Crippen LogP contribution is 2.34. The molecule has 1 aliphatic heterocycles.